The standard InChI is InChI=1S/C26H18/c1-3-10-24-20(6-1)8-5-9-21(24)14-12-19-13-17-26-23(18-19)16-15-22-7-2-4-11-25(22)26/h1-18H. The minimum absolute atomic E-state index is 1.22. The van der Waals surface area contributed by atoms with Gasteiger partial charge in [-0.1, -0.05) is 103 Å². The highest BCUT2D eigenvalue weighted by atomic mass is 14.1. The normalized spacial score (nSPS) is 11.7. The van der Waals surface area contributed by atoms with Gasteiger partial charge in [0.15, 0.2) is 0 Å². The van der Waals surface area contributed by atoms with E-state index in [0.29, 0.717) is 0 Å². The maximum Gasteiger partial charge on any atom is -0.0105 e. The predicted octanol–water partition coefficient (Wildman–Crippen LogP) is 7.32. The molecule has 0 saturated carbocycles. The lowest BCUT2D eigenvalue weighted by Crippen LogP contribution is -1.80. The van der Waals surface area contributed by atoms with Crippen LogP contribution in [-0.2, 0) is 0 Å². The van der Waals surface area contributed by atoms with Crippen LogP contribution in [0.5, 0.6) is 0 Å². The van der Waals surface area contributed by atoms with E-state index < -0.39 is 0 Å². The van der Waals surface area contributed by atoms with Gasteiger partial charge >= 0.3 is 0 Å². The van der Waals surface area contributed by atoms with E-state index in [1.165, 1.54) is 43.4 Å². The molecule has 0 heterocycles. The Morgan fingerprint density at radius 1 is 0.423 bits per heavy atom. The van der Waals surface area contributed by atoms with Gasteiger partial charge in [-0.3, -0.25) is 0 Å². The van der Waals surface area contributed by atoms with Crippen LogP contribution in [0.1, 0.15) is 11.1 Å². The minimum atomic E-state index is 1.22. The van der Waals surface area contributed by atoms with Crippen molar-refractivity contribution in [1.82, 2.24) is 0 Å². The van der Waals surface area contributed by atoms with Crippen molar-refractivity contribution in [3.8, 4) is 0 Å². The molecule has 0 spiro atoms. The molecule has 0 aromatic heterocycles. The molecule has 0 radical (unpaired) electrons. The molecule has 0 saturated heterocycles. The average Bonchev–Trinajstić information content (AvgIpc) is 2.72. The Labute approximate surface area is 153 Å². The second-order valence-electron chi connectivity index (χ2n) is 6.67. The van der Waals surface area contributed by atoms with Crippen LogP contribution < -0.4 is 0 Å². The van der Waals surface area contributed by atoms with Crippen molar-refractivity contribution < 1.29 is 0 Å². The maximum atomic E-state index is 2.27. The van der Waals surface area contributed by atoms with E-state index in [4.69, 9.17) is 0 Å². The maximum absolute atomic E-state index is 2.27. The summed E-state index contributed by atoms with van der Waals surface area (Å²) in [6, 6.07) is 34.7. The Bertz CT molecular complexity index is 1270. The van der Waals surface area contributed by atoms with Crippen LogP contribution in [0.25, 0.3) is 44.5 Å². The summed E-state index contributed by atoms with van der Waals surface area (Å²) in [6.45, 7) is 0. The minimum Gasteiger partial charge on any atom is -0.0616 e. The van der Waals surface area contributed by atoms with Crippen molar-refractivity contribution in [3.05, 3.63) is 108 Å². The van der Waals surface area contributed by atoms with Gasteiger partial charge in [0.25, 0.3) is 0 Å². The lowest BCUT2D eigenvalue weighted by Gasteiger charge is -2.05. The summed E-state index contributed by atoms with van der Waals surface area (Å²) in [4.78, 5) is 0. The molecule has 0 atom stereocenters. The monoisotopic (exact) mass is 330 g/mol. The van der Waals surface area contributed by atoms with Crippen LogP contribution in [0, 0.1) is 0 Å². The molecular formula is C26H18. The van der Waals surface area contributed by atoms with Crippen LogP contribution in [0.4, 0.5) is 0 Å². The molecule has 0 aliphatic heterocycles. The van der Waals surface area contributed by atoms with E-state index in [9.17, 15) is 0 Å². The zero-order valence-electron chi connectivity index (χ0n) is 14.4. The topological polar surface area (TPSA) is 0 Å². The third-order valence-corrected chi connectivity index (χ3v) is 5.05. The molecule has 26 heavy (non-hydrogen) atoms. The van der Waals surface area contributed by atoms with Crippen LogP contribution >= 0.6 is 0 Å². The summed E-state index contributed by atoms with van der Waals surface area (Å²) in [6.07, 6.45) is 4.42. The smallest absolute Gasteiger partial charge is 0.0105 e. The number of fused-ring (bicyclic) bond motifs is 4. The van der Waals surface area contributed by atoms with Gasteiger partial charge < -0.3 is 0 Å². The van der Waals surface area contributed by atoms with Crippen molar-refractivity contribution in [2.24, 2.45) is 0 Å². The van der Waals surface area contributed by atoms with Gasteiger partial charge in [0.1, 0.15) is 0 Å². The van der Waals surface area contributed by atoms with Crippen LogP contribution in [-0.4, -0.2) is 0 Å². The Hall–Kier alpha value is -3.38. The first-order valence-corrected chi connectivity index (χ1v) is 8.96. The Balaban J connectivity index is 1.59. The summed E-state index contributed by atoms with van der Waals surface area (Å²) in [5.74, 6) is 0. The van der Waals surface area contributed by atoms with Crippen LogP contribution in [0.15, 0.2) is 97.1 Å². The van der Waals surface area contributed by atoms with Crippen molar-refractivity contribution in [1.29, 1.82) is 0 Å². The molecule has 0 amide bonds. The zero-order valence-corrected chi connectivity index (χ0v) is 14.4. The molecule has 5 aromatic rings. The molecule has 0 aliphatic rings. The van der Waals surface area contributed by atoms with E-state index in [0.717, 1.165) is 0 Å². The molecule has 122 valence electrons. The predicted molar refractivity (Wildman–Crippen MR) is 114 cm³/mol. The zero-order chi connectivity index (χ0) is 17.3. The highest BCUT2D eigenvalue weighted by molar-refractivity contribution is 6.08. The summed E-state index contributed by atoms with van der Waals surface area (Å²) in [5, 5.41) is 7.76. The average molecular weight is 330 g/mol. The van der Waals surface area contributed by atoms with E-state index in [-0.39, 0.29) is 0 Å². The molecule has 0 aliphatic carbocycles. The van der Waals surface area contributed by atoms with Gasteiger partial charge in [-0.05, 0) is 49.5 Å². The molecular weight excluding hydrogens is 312 g/mol. The third-order valence-electron chi connectivity index (χ3n) is 5.05. The van der Waals surface area contributed by atoms with Gasteiger partial charge in [-0.15, -0.1) is 0 Å². The first kappa shape index (κ1) is 14.9. The highest BCUT2D eigenvalue weighted by Gasteiger charge is 2.01. The lowest BCUT2D eigenvalue weighted by atomic mass is 9.99. The molecule has 0 unspecified atom stereocenters. The van der Waals surface area contributed by atoms with Crippen LogP contribution in [0.2, 0.25) is 0 Å². The Morgan fingerprint density at radius 2 is 1.08 bits per heavy atom. The molecule has 0 nitrogen and oxygen atoms in total. The molecule has 0 fully saturated rings. The highest BCUT2D eigenvalue weighted by Crippen LogP contribution is 2.27. The van der Waals surface area contributed by atoms with Gasteiger partial charge in [0, 0.05) is 0 Å². The first-order chi connectivity index (χ1) is 12.9. The molecule has 0 N–H and O–H groups in total. The van der Waals surface area contributed by atoms with E-state index in [2.05, 4.69) is 109 Å². The second-order valence-corrected chi connectivity index (χ2v) is 6.67. The number of rotatable bonds is 2. The van der Waals surface area contributed by atoms with Crippen molar-refractivity contribution in [2.45, 2.75) is 0 Å². The van der Waals surface area contributed by atoms with Crippen molar-refractivity contribution >= 4 is 44.5 Å². The quantitative estimate of drug-likeness (QED) is 0.235. The van der Waals surface area contributed by atoms with Crippen molar-refractivity contribution in [2.75, 3.05) is 0 Å². The molecule has 5 aromatic carbocycles. The fourth-order valence-corrected chi connectivity index (χ4v) is 3.72. The van der Waals surface area contributed by atoms with Gasteiger partial charge in [0.05, 0.1) is 0 Å². The number of benzene rings is 5. The van der Waals surface area contributed by atoms with Gasteiger partial charge in [0.2, 0.25) is 0 Å². The van der Waals surface area contributed by atoms with E-state index >= 15 is 0 Å². The summed E-state index contributed by atoms with van der Waals surface area (Å²) in [7, 11) is 0. The Morgan fingerprint density at radius 3 is 1.96 bits per heavy atom. The summed E-state index contributed by atoms with van der Waals surface area (Å²) < 4.78 is 0. The third kappa shape index (κ3) is 2.57. The van der Waals surface area contributed by atoms with Crippen LogP contribution in [0.3, 0.4) is 0 Å². The molecule has 5 rings (SSSR count). The molecule has 0 bridgehead atoms. The Kier molecular flexibility index (Phi) is 3.54. The fraction of sp³-hybridized carbons (Fsp3) is 0. The fourth-order valence-electron chi connectivity index (χ4n) is 3.72. The number of hydrogen-bond acceptors (Lipinski definition) is 0. The second kappa shape index (κ2) is 6.16. The van der Waals surface area contributed by atoms with Gasteiger partial charge in [-0.25, -0.2) is 0 Å². The number of hydrogen-bond donors (Lipinski definition) is 0. The van der Waals surface area contributed by atoms with E-state index in [1.54, 1.807) is 0 Å². The molecule has 0 heteroatoms. The summed E-state index contributed by atoms with van der Waals surface area (Å²) >= 11 is 0. The lowest BCUT2D eigenvalue weighted by molar-refractivity contribution is 1.70. The largest absolute Gasteiger partial charge is 0.0616 e. The van der Waals surface area contributed by atoms with Crippen molar-refractivity contribution in [3.63, 3.8) is 0 Å². The first-order valence-electron chi connectivity index (χ1n) is 8.96. The van der Waals surface area contributed by atoms with E-state index in [1.807, 2.05) is 0 Å². The summed E-state index contributed by atoms with van der Waals surface area (Å²) in [5.41, 5.74) is 2.47. The SMILES string of the molecule is C(=Cc1cccc2ccccc12)c1ccc2c(ccc3ccccc32)c1. The van der Waals surface area contributed by atoms with Gasteiger partial charge in [-0.2, -0.15) is 0 Å².